The summed E-state index contributed by atoms with van der Waals surface area (Å²) in [6.07, 6.45) is 0.254. The fraction of sp³-hybridized carbons (Fsp3) is 0.533. The summed E-state index contributed by atoms with van der Waals surface area (Å²) >= 11 is 2.01. The molecular weight excluding hydrogens is 361 g/mol. The molecule has 1 rings (SSSR count). The number of alkyl halides is 3. The van der Waals surface area contributed by atoms with Crippen molar-refractivity contribution in [3.8, 4) is 0 Å². The molecule has 0 saturated carbocycles. The van der Waals surface area contributed by atoms with Crippen LogP contribution in [-0.2, 0) is 0 Å². The van der Waals surface area contributed by atoms with Gasteiger partial charge in [-0.05, 0) is 11.8 Å². The minimum absolute atomic E-state index is 0.0161. The molecule has 0 radical (unpaired) electrons. The quantitative estimate of drug-likeness (QED) is 0.393. The van der Waals surface area contributed by atoms with E-state index in [0.717, 1.165) is 0 Å². The summed E-state index contributed by atoms with van der Waals surface area (Å²) in [4.78, 5) is 11.8. The Labute approximate surface area is 126 Å². The van der Waals surface area contributed by atoms with Gasteiger partial charge in [0.25, 0.3) is 0 Å². The summed E-state index contributed by atoms with van der Waals surface area (Å²) in [7, 11) is 0. The maximum Gasteiger partial charge on any atom is 0.310 e. The number of hydrogen-bond donors (Lipinski definition) is 0. The van der Waals surface area contributed by atoms with E-state index in [2.05, 4.69) is 0 Å². The minimum Gasteiger partial charge on any atom is -0.287 e. The van der Waals surface area contributed by atoms with Crippen molar-refractivity contribution in [2.45, 2.75) is 43.5 Å². The maximum absolute atomic E-state index is 14.0. The second-order valence-corrected chi connectivity index (χ2v) is 7.73. The Morgan fingerprint density at radius 3 is 2.16 bits per heavy atom. The van der Waals surface area contributed by atoms with Crippen molar-refractivity contribution in [2.24, 2.45) is 5.41 Å². The maximum atomic E-state index is 14.0. The number of benzene rings is 1. The Balaban J connectivity index is 2.73. The van der Waals surface area contributed by atoms with Crippen molar-refractivity contribution in [1.29, 1.82) is 0 Å². The van der Waals surface area contributed by atoms with Gasteiger partial charge in [0.2, 0.25) is 5.78 Å². The van der Waals surface area contributed by atoms with E-state index in [1.807, 2.05) is 43.4 Å². The van der Waals surface area contributed by atoms with Crippen LogP contribution in [0, 0.1) is 5.41 Å². The average Bonchev–Trinajstić information content (AvgIpc) is 2.25. The Morgan fingerprint density at radius 2 is 1.68 bits per heavy atom. The van der Waals surface area contributed by atoms with Crippen LogP contribution in [0.15, 0.2) is 30.3 Å². The molecule has 0 aliphatic rings. The van der Waals surface area contributed by atoms with Gasteiger partial charge in [-0.2, -0.15) is 8.78 Å². The van der Waals surface area contributed by atoms with Gasteiger partial charge in [0.15, 0.2) is 0 Å². The van der Waals surface area contributed by atoms with Crippen molar-refractivity contribution in [3.05, 3.63) is 35.9 Å². The number of hydrogen-bond acceptors (Lipinski definition) is 1. The molecule has 0 aliphatic heterocycles. The van der Waals surface area contributed by atoms with E-state index in [9.17, 15) is 13.6 Å². The average molecular weight is 380 g/mol. The number of Topliss-reactive ketones (excluding diaryl/α,β-unsaturated/α-hetero) is 1. The lowest BCUT2D eigenvalue weighted by molar-refractivity contribution is 0.00414. The van der Waals surface area contributed by atoms with Gasteiger partial charge in [-0.3, -0.25) is 4.79 Å². The molecule has 106 valence electrons. The van der Waals surface area contributed by atoms with Gasteiger partial charge in [-0.1, -0.05) is 73.7 Å². The predicted octanol–water partition coefficient (Wildman–Crippen LogP) is 5.13. The Bertz CT molecular complexity index is 424. The van der Waals surface area contributed by atoms with Crippen molar-refractivity contribution >= 4 is 28.4 Å². The van der Waals surface area contributed by atoms with Crippen LogP contribution >= 0.6 is 22.6 Å². The number of ketones is 1. The zero-order chi connectivity index (χ0) is 14.7. The summed E-state index contributed by atoms with van der Waals surface area (Å²) < 4.78 is 27.7. The molecule has 0 aromatic heterocycles. The van der Waals surface area contributed by atoms with Crippen molar-refractivity contribution in [1.82, 2.24) is 0 Å². The molecule has 0 N–H and O–H groups in total. The van der Waals surface area contributed by atoms with E-state index in [1.165, 1.54) is 12.1 Å². The standard InChI is InChI=1S/C15H19F2IO/c1-14(2,3)9-12(18)10-15(16,17)13(19)11-7-5-4-6-8-11/h4-8,12H,9-10H2,1-3H3. The van der Waals surface area contributed by atoms with Crippen molar-refractivity contribution < 1.29 is 13.6 Å². The molecule has 0 aliphatic carbocycles. The normalized spacial score (nSPS) is 14.2. The summed E-state index contributed by atoms with van der Waals surface area (Å²) in [6.45, 7) is 6.03. The van der Waals surface area contributed by atoms with Gasteiger partial charge in [0.05, 0.1) is 0 Å². The lowest BCUT2D eigenvalue weighted by Gasteiger charge is -2.25. The highest BCUT2D eigenvalue weighted by Crippen LogP contribution is 2.34. The molecule has 1 unspecified atom stereocenters. The van der Waals surface area contributed by atoms with Crippen LogP contribution in [0.3, 0.4) is 0 Å². The van der Waals surface area contributed by atoms with Gasteiger partial charge >= 0.3 is 5.92 Å². The molecule has 0 amide bonds. The Hall–Kier alpha value is -0.520. The summed E-state index contributed by atoms with van der Waals surface area (Å²) in [5, 5.41) is 0. The molecular formula is C15H19F2IO. The van der Waals surface area contributed by atoms with E-state index in [0.29, 0.717) is 6.42 Å². The lowest BCUT2D eigenvalue weighted by Crippen LogP contribution is -2.32. The molecule has 4 heteroatoms. The molecule has 0 bridgehead atoms. The molecule has 1 aromatic carbocycles. The number of rotatable bonds is 5. The molecule has 0 fully saturated rings. The third-order valence-corrected chi connectivity index (χ3v) is 3.56. The number of carbonyl (C=O) groups excluding carboxylic acids is 1. The third kappa shape index (κ3) is 5.55. The van der Waals surface area contributed by atoms with E-state index < -0.39 is 18.1 Å². The first-order valence-corrected chi connectivity index (χ1v) is 7.48. The number of halogens is 3. The van der Waals surface area contributed by atoms with Crippen LogP contribution in [0.2, 0.25) is 0 Å². The molecule has 1 atom stereocenters. The highest BCUT2D eigenvalue weighted by atomic mass is 127. The predicted molar refractivity (Wildman–Crippen MR) is 82.2 cm³/mol. The fourth-order valence-corrected chi connectivity index (χ4v) is 3.78. The zero-order valence-corrected chi connectivity index (χ0v) is 13.6. The molecule has 1 aromatic rings. The lowest BCUT2D eigenvalue weighted by atomic mass is 9.88. The smallest absolute Gasteiger partial charge is 0.287 e. The van der Waals surface area contributed by atoms with Gasteiger partial charge in [-0.25, -0.2) is 0 Å². The summed E-state index contributed by atoms with van der Waals surface area (Å²) in [5.74, 6) is -4.37. The minimum atomic E-state index is -3.29. The second kappa shape index (κ2) is 6.29. The van der Waals surface area contributed by atoms with Crippen LogP contribution in [0.5, 0.6) is 0 Å². The fourth-order valence-electron chi connectivity index (χ4n) is 1.91. The largest absolute Gasteiger partial charge is 0.310 e. The number of carbonyl (C=O) groups is 1. The monoisotopic (exact) mass is 380 g/mol. The van der Waals surface area contributed by atoms with Crippen molar-refractivity contribution in [2.75, 3.05) is 0 Å². The zero-order valence-electron chi connectivity index (χ0n) is 11.4. The highest BCUT2D eigenvalue weighted by Gasteiger charge is 2.41. The molecule has 0 saturated heterocycles. The van der Waals surface area contributed by atoms with Gasteiger partial charge in [0, 0.05) is 15.9 Å². The molecule has 1 nitrogen and oxygen atoms in total. The van der Waals surface area contributed by atoms with Crippen LogP contribution in [0.25, 0.3) is 0 Å². The Morgan fingerprint density at radius 1 is 1.16 bits per heavy atom. The van der Waals surface area contributed by atoms with E-state index in [1.54, 1.807) is 18.2 Å². The first-order valence-electron chi connectivity index (χ1n) is 6.23. The van der Waals surface area contributed by atoms with E-state index >= 15 is 0 Å². The Kier molecular flexibility index (Phi) is 5.47. The molecule has 0 spiro atoms. The summed E-state index contributed by atoms with van der Waals surface area (Å²) in [6, 6.07) is 7.76. The molecule has 0 heterocycles. The molecule has 19 heavy (non-hydrogen) atoms. The first-order chi connectivity index (χ1) is 8.62. The first kappa shape index (κ1) is 16.5. The van der Waals surface area contributed by atoms with Crippen LogP contribution < -0.4 is 0 Å². The third-order valence-electron chi connectivity index (χ3n) is 2.68. The van der Waals surface area contributed by atoms with Crippen LogP contribution in [0.1, 0.15) is 44.0 Å². The van der Waals surface area contributed by atoms with Gasteiger partial charge in [-0.15, -0.1) is 0 Å². The van der Waals surface area contributed by atoms with Crippen LogP contribution in [-0.4, -0.2) is 15.6 Å². The van der Waals surface area contributed by atoms with E-state index in [4.69, 9.17) is 0 Å². The van der Waals surface area contributed by atoms with Gasteiger partial charge in [0.1, 0.15) is 0 Å². The summed E-state index contributed by atoms with van der Waals surface area (Å²) in [5.41, 5.74) is 0.0597. The van der Waals surface area contributed by atoms with Crippen LogP contribution in [0.4, 0.5) is 8.78 Å². The van der Waals surface area contributed by atoms with Crippen molar-refractivity contribution in [3.63, 3.8) is 0 Å². The SMILES string of the molecule is CC(C)(C)CC(I)CC(F)(F)C(=O)c1ccccc1. The topological polar surface area (TPSA) is 17.1 Å². The van der Waals surface area contributed by atoms with E-state index in [-0.39, 0.29) is 14.9 Å². The van der Waals surface area contributed by atoms with Gasteiger partial charge < -0.3 is 0 Å². The highest BCUT2D eigenvalue weighted by molar-refractivity contribution is 14.1. The second-order valence-electron chi connectivity index (χ2n) is 5.97.